The number of hydrogen-bond acceptors (Lipinski definition) is 16. The molecule has 2 unspecified atom stereocenters. The molecule has 3 fully saturated rings. The number of carbonyl (C=O) groups is 5. The van der Waals surface area contributed by atoms with Crippen LogP contribution in [-0.2, 0) is 43.1 Å². The molecular formula is C26H25N7O14S. The molecular weight excluding hydrogens is 666 g/mol. The van der Waals surface area contributed by atoms with Crippen molar-refractivity contribution in [1.82, 2.24) is 24.3 Å². The van der Waals surface area contributed by atoms with Gasteiger partial charge in [-0.1, -0.05) is 5.16 Å². The van der Waals surface area contributed by atoms with E-state index < -0.39 is 89.1 Å². The number of esters is 1. The Bertz CT molecular complexity index is 1950. The summed E-state index contributed by atoms with van der Waals surface area (Å²) < 4.78 is 12.1. The Balaban J connectivity index is 1.24. The first kappa shape index (κ1) is 32.2. The summed E-state index contributed by atoms with van der Waals surface area (Å²) in [5, 5.41) is 47.3. The molecule has 48 heavy (non-hydrogen) atoms. The highest BCUT2D eigenvalue weighted by molar-refractivity contribution is 7.13. The fraction of sp³-hybridized carbons (Fsp3) is 0.385. The van der Waals surface area contributed by atoms with Crippen LogP contribution in [0.3, 0.4) is 0 Å². The highest BCUT2D eigenvalue weighted by Crippen LogP contribution is 2.39. The molecule has 0 radical (unpaired) electrons. The summed E-state index contributed by atoms with van der Waals surface area (Å²) in [5.41, 5.74) is -0.429. The predicted molar refractivity (Wildman–Crippen MR) is 154 cm³/mol. The number of nitrogens with two attached hydrogens (primary N) is 1. The lowest BCUT2D eigenvalue weighted by Gasteiger charge is -2.30. The second kappa shape index (κ2) is 11.8. The van der Waals surface area contributed by atoms with E-state index in [4.69, 9.17) is 24.9 Å². The molecule has 3 aromatic heterocycles. The third-order valence-electron chi connectivity index (χ3n) is 7.94. The number of carbonyl (C=O) groups excluding carboxylic acids is 3. The fourth-order valence-electron chi connectivity index (χ4n) is 5.35. The number of aromatic hydroxyl groups is 2. The van der Waals surface area contributed by atoms with Crippen molar-refractivity contribution in [3.05, 3.63) is 40.0 Å². The number of carboxylic acids is 2. The van der Waals surface area contributed by atoms with Gasteiger partial charge < -0.3 is 45.8 Å². The third kappa shape index (κ3) is 5.29. The van der Waals surface area contributed by atoms with Gasteiger partial charge in [0.1, 0.15) is 24.4 Å². The van der Waals surface area contributed by atoms with Crippen molar-refractivity contribution in [3.63, 3.8) is 0 Å². The number of hydrogen-bond donors (Lipinski definition) is 6. The van der Waals surface area contributed by atoms with Gasteiger partial charge in [0.25, 0.3) is 11.8 Å². The second-order valence-corrected chi connectivity index (χ2v) is 11.7. The van der Waals surface area contributed by atoms with Crippen molar-refractivity contribution in [3.8, 4) is 11.5 Å². The smallest absolute Gasteiger partial charge is 0.372 e. The SMILES string of the molecule is Nc1nc(/C(=N/OC2(C(=O)O)CCOCC2)C(=O)N[C@H]2CON(C3(C(=O)O)CC(n4cc5cc(O)c(O)cn5c4=O)C(=O)O3)C2=O)cs1. The van der Waals surface area contributed by atoms with E-state index in [1.54, 1.807) is 0 Å². The van der Waals surface area contributed by atoms with Crippen molar-refractivity contribution in [1.29, 1.82) is 0 Å². The van der Waals surface area contributed by atoms with E-state index >= 15 is 0 Å². The minimum absolute atomic E-state index is 0.0285. The highest BCUT2D eigenvalue weighted by Gasteiger charge is 2.63. The minimum Gasteiger partial charge on any atom is -0.504 e. The molecule has 6 heterocycles. The predicted octanol–water partition coefficient (Wildman–Crippen LogP) is -1.87. The van der Waals surface area contributed by atoms with Crippen LogP contribution in [0.15, 0.2) is 33.8 Å². The topological polar surface area (TPSA) is 296 Å². The lowest BCUT2D eigenvalue weighted by Crippen LogP contribution is -2.57. The Labute approximate surface area is 270 Å². The summed E-state index contributed by atoms with van der Waals surface area (Å²) in [6, 6.07) is -2.14. The van der Waals surface area contributed by atoms with Gasteiger partial charge in [-0.2, -0.15) is 5.06 Å². The van der Waals surface area contributed by atoms with Crippen LogP contribution >= 0.6 is 11.3 Å². The number of oxime groups is 1. The van der Waals surface area contributed by atoms with E-state index in [9.17, 15) is 49.2 Å². The Morgan fingerprint density at radius 3 is 2.48 bits per heavy atom. The van der Waals surface area contributed by atoms with Gasteiger partial charge in [-0.05, 0) is 0 Å². The number of cyclic esters (lactones) is 1. The number of hydroxylamine groups is 2. The normalized spacial score (nSPS) is 24.1. The maximum Gasteiger partial charge on any atom is 0.372 e. The first-order valence-electron chi connectivity index (χ1n) is 13.9. The number of pyridine rings is 1. The second-order valence-electron chi connectivity index (χ2n) is 10.9. The summed E-state index contributed by atoms with van der Waals surface area (Å²) >= 11 is 0.932. The number of aliphatic carboxylic acids is 2. The van der Waals surface area contributed by atoms with Crippen molar-refractivity contribution in [2.45, 2.75) is 42.7 Å². The van der Waals surface area contributed by atoms with Crippen LogP contribution in [-0.4, -0.2) is 112 Å². The number of aromatic nitrogens is 3. The first-order valence-corrected chi connectivity index (χ1v) is 14.8. The summed E-state index contributed by atoms with van der Waals surface area (Å²) in [7, 11) is 0. The molecule has 6 rings (SSSR count). The maximum atomic E-state index is 13.5. The molecule has 0 aliphatic carbocycles. The van der Waals surface area contributed by atoms with E-state index in [1.165, 1.54) is 5.38 Å². The zero-order chi connectivity index (χ0) is 34.5. The number of anilines is 1. The average molecular weight is 692 g/mol. The van der Waals surface area contributed by atoms with Gasteiger partial charge in [0, 0.05) is 30.5 Å². The van der Waals surface area contributed by atoms with Gasteiger partial charge in [0.2, 0.25) is 5.60 Å². The summed E-state index contributed by atoms with van der Waals surface area (Å²) in [6.07, 6.45) is 1.02. The molecule has 3 aromatic rings. The number of imidazole rings is 1. The molecule has 0 saturated carbocycles. The van der Waals surface area contributed by atoms with Crippen LogP contribution in [0.1, 0.15) is 31.0 Å². The number of nitrogens with zero attached hydrogens (tertiary/aromatic N) is 5. The number of rotatable bonds is 9. The molecule has 0 bridgehead atoms. The van der Waals surface area contributed by atoms with Crippen LogP contribution in [0, 0.1) is 0 Å². The van der Waals surface area contributed by atoms with Crippen molar-refractivity contribution < 1.29 is 63.5 Å². The first-order chi connectivity index (χ1) is 22.8. The van der Waals surface area contributed by atoms with Crippen molar-refractivity contribution in [2.24, 2.45) is 5.16 Å². The van der Waals surface area contributed by atoms with Gasteiger partial charge in [0.05, 0.1) is 31.3 Å². The largest absolute Gasteiger partial charge is 0.504 e. The quantitative estimate of drug-likeness (QED) is 0.0814. The number of nitrogen functional groups attached to an aromatic ring is 1. The Hall–Kier alpha value is -5.74. The number of ether oxygens (including phenoxy) is 2. The minimum atomic E-state index is -2.78. The number of amides is 2. The van der Waals surface area contributed by atoms with Crippen LogP contribution in [0.5, 0.6) is 11.5 Å². The number of fused-ring (bicyclic) bond motifs is 1. The maximum absolute atomic E-state index is 13.5. The lowest BCUT2D eigenvalue weighted by molar-refractivity contribution is -0.256. The Morgan fingerprint density at radius 2 is 1.83 bits per heavy atom. The molecule has 0 spiro atoms. The van der Waals surface area contributed by atoms with Gasteiger partial charge in [-0.25, -0.2) is 24.2 Å². The molecule has 0 aromatic carbocycles. The van der Waals surface area contributed by atoms with Gasteiger partial charge >= 0.3 is 29.3 Å². The van der Waals surface area contributed by atoms with Crippen LogP contribution < -0.4 is 16.7 Å². The highest BCUT2D eigenvalue weighted by atomic mass is 32.1. The van der Waals surface area contributed by atoms with Crippen LogP contribution in [0.4, 0.5) is 5.13 Å². The lowest BCUT2D eigenvalue weighted by atomic mass is 9.95. The summed E-state index contributed by atoms with van der Waals surface area (Å²) in [5.74, 6) is -7.86. The third-order valence-corrected chi connectivity index (χ3v) is 8.61. The summed E-state index contributed by atoms with van der Waals surface area (Å²) in [6.45, 7) is -0.535. The molecule has 2 amide bonds. The monoisotopic (exact) mass is 691 g/mol. The molecule has 3 aliphatic rings. The van der Waals surface area contributed by atoms with E-state index in [1.807, 2.05) is 0 Å². The molecule has 21 nitrogen and oxygen atoms in total. The van der Waals surface area contributed by atoms with Crippen molar-refractivity contribution >= 4 is 57.4 Å². The molecule has 22 heteroatoms. The van der Waals surface area contributed by atoms with Crippen LogP contribution in [0.25, 0.3) is 5.52 Å². The van der Waals surface area contributed by atoms with Crippen LogP contribution in [0.2, 0.25) is 0 Å². The number of thiazole rings is 1. The van der Waals surface area contributed by atoms with Gasteiger partial charge in [-0.15, -0.1) is 11.3 Å². The standard InChI is InChI=1S/C26H25N7O14S/c27-23-29-13(10-48-23)17(30-47-25(21(39)40)1-3-44-4-2-25)18(36)28-12-9-45-33(19(12)37)26(22(41)42)6-14(20(38)46-26)32-7-11-5-15(34)16(35)8-31(11)24(32)43/h5,7-8,10,12,14,34-35H,1-4,6,9H2,(H2,27,29)(H,28,36)(H,39,40)(H,41,42)/b30-17-/t12-,14?,26?/m0/s1. The van der Waals surface area contributed by atoms with Crippen molar-refractivity contribution in [2.75, 3.05) is 25.6 Å². The Morgan fingerprint density at radius 1 is 1.10 bits per heavy atom. The van der Waals surface area contributed by atoms with Gasteiger partial charge in [-0.3, -0.25) is 23.4 Å². The summed E-state index contributed by atoms with van der Waals surface area (Å²) in [4.78, 5) is 92.2. The Kier molecular flexibility index (Phi) is 7.92. The van der Waals surface area contributed by atoms with Gasteiger partial charge in [0.15, 0.2) is 22.3 Å². The molecule has 3 aliphatic heterocycles. The van der Waals surface area contributed by atoms with E-state index in [0.717, 1.165) is 38.8 Å². The molecule has 3 atom stereocenters. The zero-order valence-electron chi connectivity index (χ0n) is 24.3. The fourth-order valence-corrected chi connectivity index (χ4v) is 5.90. The number of carboxylic acid groups (broad SMARTS) is 2. The van der Waals surface area contributed by atoms with E-state index in [-0.39, 0.29) is 47.5 Å². The molecule has 7 N–H and O–H groups in total. The zero-order valence-corrected chi connectivity index (χ0v) is 25.1. The van der Waals surface area contributed by atoms with E-state index in [0.29, 0.717) is 0 Å². The number of nitrogens with one attached hydrogen (secondary N) is 1. The molecule has 3 saturated heterocycles. The average Bonchev–Trinajstić information content (AvgIpc) is 3.80. The van der Waals surface area contributed by atoms with E-state index in [2.05, 4.69) is 15.5 Å². The molecule has 254 valence electrons.